The Morgan fingerprint density at radius 1 is 0.194 bits per heavy atom. The minimum absolute atomic E-state index is 0.561. The van der Waals surface area contributed by atoms with Gasteiger partial charge < -0.3 is 13.7 Å². The molecule has 6 nitrogen and oxygen atoms in total. The minimum Gasteiger partial charge on any atom is -0.309 e. The smallest absolute Gasteiger partial charge is 0.164 e. The molecule has 0 fully saturated rings. The van der Waals surface area contributed by atoms with Crippen LogP contribution < -0.4 is 0 Å². The summed E-state index contributed by atoms with van der Waals surface area (Å²) < 4.78 is 7.50. The Kier molecular flexibility index (Phi) is 12.8. The van der Waals surface area contributed by atoms with Gasteiger partial charge in [-0.25, -0.2) is 15.0 Å². The number of rotatable bonds is 11. The quantitative estimate of drug-likeness (QED) is 0.130. The van der Waals surface area contributed by atoms with Gasteiger partial charge in [0, 0.05) is 71.5 Å². The largest absolute Gasteiger partial charge is 0.309 e. The Bertz CT molecular complexity index is 5740. The Labute approximate surface area is 537 Å². The van der Waals surface area contributed by atoms with Crippen LogP contribution in [0.2, 0.25) is 0 Å². The van der Waals surface area contributed by atoms with Crippen LogP contribution in [0.4, 0.5) is 0 Å². The highest BCUT2D eigenvalue weighted by molar-refractivity contribution is 6.32. The van der Waals surface area contributed by atoms with E-state index in [1.165, 1.54) is 38.0 Å². The minimum atomic E-state index is 0.561. The maximum absolute atomic E-state index is 5.62. The van der Waals surface area contributed by atoms with Crippen molar-refractivity contribution in [1.29, 1.82) is 0 Å². The lowest BCUT2D eigenvalue weighted by molar-refractivity contribution is 1.07. The number of para-hydroxylation sites is 4. The molecule has 0 aliphatic carbocycles. The van der Waals surface area contributed by atoms with Gasteiger partial charge in [-0.15, -0.1) is 0 Å². The lowest BCUT2D eigenvalue weighted by Crippen LogP contribution is -2.04. The summed E-state index contributed by atoms with van der Waals surface area (Å²) in [4.78, 5) is 16.6. The van der Waals surface area contributed by atoms with Crippen molar-refractivity contribution in [3.8, 4) is 107 Å². The lowest BCUT2D eigenvalue weighted by atomic mass is 9.92. The Hall–Kier alpha value is -12.5. The number of benzene rings is 14. The molecule has 4 heterocycles. The van der Waals surface area contributed by atoms with Crippen LogP contribution in [0.5, 0.6) is 0 Å². The average molecular weight is 1190 g/mol. The predicted molar refractivity (Wildman–Crippen MR) is 386 cm³/mol. The van der Waals surface area contributed by atoms with Gasteiger partial charge in [0.15, 0.2) is 17.5 Å². The molecular formula is C87H56N6. The van der Waals surface area contributed by atoms with E-state index in [1.54, 1.807) is 0 Å². The molecule has 0 radical (unpaired) electrons. The van der Waals surface area contributed by atoms with E-state index in [1.807, 2.05) is 0 Å². The molecule has 0 bridgehead atoms. The van der Waals surface area contributed by atoms with Crippen molar-refractivity contribution in [2.75, 3.05) is 0 Å². The third-order valence-corrected chi connectivity index (χ3v) is 18.4. The molecule has 0 aliphatic rings. The molecule has 0 saturated carbocycles. The molecule has 0 N–H and O–H groups in total. The van der Waals surface area contributed by atoms with Crippen LogP contribution in [0, 0.1) is 0 Å². The third kappa shape index (κ3) is 9.06. The third-order valence-electron chi connectivity index (χ3n) is 18.4. The molecule has 18 rings (SSSR count). The fourth-order valence-electron chi connectivity index (χ4n) is 14.3. The normalized spacial score (nSPS) is 11.7. The summed E-state index contributed by atoms with van der Waals surface area (Å²) >= 11 is 0. The van der Waals surface area contributed by atoms with Gasteiger partial charge in [-0.2, -0.15) is 0 Å². The zero-order valence-electron chi connectivity index (χ0n) is 50.5. The first-order chi connectivity index (χ1) is 46.1. The maximum atomic E-state index is 5.62. The highest BCUT2D eigenvalue weighted by atomic mass is 15.1. The van der Waals surface area contributed by atoms with E-state index in [9.17, 15) is 0 Å². The van der Waals surface area contributed by atoms with Gasteiger partial charge in [0.25, 0.3) is 0 Å². The second-order valence-electron chi connectivity index (χ2n) is 23.9. The van der Waals surface area contributed by atoms with Crippen LogP contribution in [0.3, 0.4) is 0 Å². The molecule has 0 spiro atoms. The monoisotopic (exact) mass is 1180 g/mol. The van der Waals surface area contributed by atoms with Crippen LogP contribution >= 0.6 is 0 Å². The molecule has 0 saturated heterocycles. The standard InChI is InChI=1S/C87H56N6/c1-8-26-57(27-9-1)60-44-46-63(47-45-60)85-88-86(66-53-64(58-28-10-2-11-29-58)52-65(54-66)59-30-12-3-13-31-59)90-87(89-85)67-55-74(61-32-14-4-15-33-61)82(75(56-67)62-34-16-5-17-35-62)93-77-43-25-23-41-73(77)81-79(93)51-49-71-70-48-50-78-80(83(70)92(84(71)81)69-38-20-7-21-39-69)72-40-22-24-42-76(72)91(78)68-36-18-6-19-37-68/h1-56H. The van der Waals surface area contributed by atoms with E-state index in [2.05, 4.69) is 353 Å². The second kappa shape index (κ2) is 22.2. The first-order valence-electron chi connectivity index (χ1n) is 31.7. The molecule has 0 unspecified atom stereocenters. The Morgan fingerprint density at radius 3 is 0.978 bits per heavy atom. The topological polar surface area (TPSA) is 53.5 Å². The van der Waals surface area contributed by atoms with E-state index in [0.29, 0.717) is 17.5 Å². The SMILES string of the molecule is c1ccc(-c2ccc(-c3nc(-c4cc(-c5ccccc5)cc(-c5ccccc5)c4)nc(-c4cc(-c5ccccc5)c(-n5c6ccccc6c6c5ccc5c7ccc8c(c9ccccc9n8-c8ccccc8)c7n(-c7ccccc7)c56)c(-c5ccccc5)c4)n3)cc2)cc1. The summed E-state index contributed by atoms with van der Waals surface area (Å²) in [7, 11) is 0. The molecule has 434 valence electrons. The van der Waals surface area contributed by atoms with Gasteiger partial charge in [0.2, 0.25) is 0 Å². The van der Waals surface area contributed by atoms with Gasteiger partial charge in [-0.3, -0.25) is 0 Å². The van der Waals surface area contributed by atoms with Crippen molar-refractivity contribution in [2.24, 2.45) is 0 Å². The number of hydrogen-bond donors (Lipinski definition) is 0. The lowest BCUT2D eigenvalue weighted by Gasteiger charge is -2.21. The molecule has 93 heavy (non-hydrogen) atoms. The Balaban J connectivity index is 0.926. The summed E-state index contributed by atoms with van der Waals surface area (Å²) in [6, 6.07) is 122. The molecule has 14 aromatic carbocycles. The van der Waals surface area contributed by atoms with Gasteiger partial charge in [0.1, 0.15) is 0 Å². The van der Waals surface area contributed by atoms with Crippen LogP contribution in [0.25, 0.3) is 172 Å². The molecule has 18 aromatic rings. The molecule has 6 heteroatoms. The predicted octanol–water partition coefficient (Wildman–Crippen LogP) is 22.5. The first kappa shape index (κ1) is 53.5. The van der Waals surface area contributed by atoms with E-state index in [4.69, 9.17) is 15.0 Å². The van der Waals surface area contributed by atoms with E-state index >= 15 is 0 Å². The van der Waals surface area contributed by atoms with Crippen LogP contribution in [0.1, 0.15) is 0 Å². The summed E-state index contributed by atoms with van der Waals surface area (Å²) in [5.74, 6) is 1.71. The van der Waals surface area contributed by atoms with Crippen LogP contribution in [-0.2, 0) is 0 Å². The van der Waals surface area contributed by atoms with E-state index in [-0.39, 0.29) is 0 Å². The summed E-state index contributed by atoms with van der Waals surface area (Å²) in [6.45, 7) is 0. The molecule has 4 aromatic heterocycles. The zero-order chi connectivity index (χ0) is 61.3. The van der Waals surface area contributed by atoms with Gasteiger partial charge in [-0.05, 0) is 123 Å². The van der Waals surface area contributed by atoms with Gasteiger partial charge >= 0.3 is 0 Å². The summed E-state index contributed by atoms with van der Waals surface area (Å²) in [5.41, 5.74) is 23.5. The highest BCUT2D eigenvalue weighted by Gasteiger charge is 2.28. The highest BCUT2D eigenvalue weighted by Crippen LogP contribution is 2.49. The maximum Gasteiger partial charge on any atom is 0.164 e. The van der Waals surface area contributed by atoms with E-state index < -0.39 is 0 Å². The summed E-state index contributed by atoms with van der Waals surface area (Å²) in [5, 5.41) is 7.12. The average Bonchev–Trinajstić information content (AvgIpc) is 1.54. The summed E-state index contributed by atoms with van der Waals surface area (Å²) in [6.07, 6.45) is 0. The molecule has 0 aliphatic heterocycles. The van der Waals surface area contributed by atoms with Crippen molar-refractivity contribution in [3.63, 3.8) is 0 Å². The van der Waals surface area contributed by atoms with Gasteiger partial charge in [0.05, 0.1) is 38.8 Å². The van der Waals surface area contributed by atoms with Crippen molar-refractivity contribution < 1.29 is 0 Å². The first-order valence-corrected chi connectivity index (χ1v) is 31.7. The van der Waals surface area contributed by atoms with Crippen LogP contribution in [-0.4, -0.2) is 28.7 Å². The number of fused-ring (bicyclic) bond motifs is 11. The van der Waals surface area contributed by atoms with Crippen molar-refractivity contribution in [2.45, 2.75) is 0 Å². The molecular weight excluding hydrogens is 1130 g/mol. The fourth-order valence-corrected chi connectivity index (χ4v) is 14.3. The fraction of sp³-hybridized carbons (Fsp3) is 0. The molecule has 0 atom stereocenters. The zero-order valence-corrected chi connectivity index (χ0v) is 50.5. The van der Waals surface area contributed by atoms with E-state index in [0.717, 1.165) is 117 Å². The van der Waals surface area contributed by atoms with Crippen molar-refractivity contribution in [3.05, 3.63) is 340 Å². The van der Waals surface area contributed by atoms with Gasteiger partial charge in [-0.1, -0.05) is 261 Å². The van der Waals surface area contributed by atoms with Crippen molar-refractivity contribution in [1.82, 2.24) is 28.7 Å². The molecule has 0 amide bonds. The number of aromatic nitrogens is 6. The van der Waals surface area contributed by atoms with Crippen LogP contribution in [0.15, 0.2) is 340 Å². The number of nitrogens with zero attached hydrogens (tertiary/aromatic N) is 6. The van der Waals surface area contributed by atoms with Crippen molar-refractivity contribution >= 4 is 65.4 Å². The Morgan fingerprint density at radius 2 is 0.516 bits per heavy atom. The number of hydrogen-bond acceptors (Lipinski definition) is 3. The second-order valence-corrected chi connectivity index (χ2v) is 23.9.